The third kappa shape index (κ3) is 10.2. The van der Waals surface area contributed by atoms with Crippen molar-refractivity contribution in [1.29, 1.82) is 0 Å². The molecule has 1 aliphatic carbocycles. The fourth-order valence-corrected chi connectivity index (χ4v) is 8.87. The Kier molecular flexibility index (Phi) is 12.5. The first-order valence-electron chi connectivity index (χ1n) is 23.5. The number of anilines is 3. The van der Waals surface area contributed by atoms with E-state index in [1.165, 1.54) is 0 Å². The summed E-state index contributed by atoms with van der Waals surface area (Å²) in [5.74, 6) is 2.82. The fourth-order valence-electron chi connectivity index (χ4n) is 8.87. The predicted octanol–water partition coefficient (Wildman–Crippen LogP) is 5.76. The molecule has 1 saturated heterocycles. The summed E-state index contributed by atoms with van der Waals surface area (Å²) in [5, 5.41) is 26.6. The van der Waals surface area contributed by atoms with Gasteiger partial charge in [-0.3, -0.25) is 9.48 Å². The molecule has 0 radical (unpaired) electrons. The number of rotatable bonds is 18. The van der Waals surface area contributed by atoms with Crippen LogP contribution in [0.5, 0.6) is 0 Å². The summed E-state index contributed by atoms with van der Waals surface area (Å²) < 4.78 is 19.7. The first kappa shape index (κ1) is 46.7. The molecule has 0 spiro atoms. The second-order valence-corrected chi connectivity index (χ2v) is 19.2. The molecular formula is C50H54N16O5. The number of hydrogen-bond acceptors (Lipinski definition) is 19. The van der Waals surface area contributed by atoms with Crippen LogP contribution in [0.3, 0.4) is 0 Å². The molecule has 10 rings (SSSR count). The molecule has 0 bridgehead atoms. The number of benzene rings is 2. The Morgan fingerprint density at radius 3 is 1.97 bits per heavy atom. The number of hydrogen-bond donors (Lipinski definition) is 4. The summed E-state index contributed by atoms with van der Waals surface area (Å²) in [4.78, 5) is 50.6. The lowest BCUT2D eigenvalue weighted by Crippen LogP contribution is -2.33. The van der Waals surface area contributed by atoms with E-state index in [-0.39, 0.29) is 36.3 Å². The van der Waals surface area contributed by atoms with E-state index in [4.69, 9.17) is 35.2 Å². The summed E-state index contributed by atoms with van der Waals surface area (Å²) in [6, 6.07) is 16.3. The summed E-state index contributed by atoms with van der Waals surface area (Å²) in [7, 11) is 0. The van der Waals surface area contributed by atoms with Crippen molar-refractivity contribution in [3.8, 4) is 45.3 Å². The normalized spacial score (nSPS) is 16.7. The van der Waals surface area contributed by atoms with Crippen LogP contribution in [-0.2, 0) is 26.9 Å². The van der Waals surface area contributed by atoms with Crippen LogP contribution in [-0.4, -0.2) is 114 Å². The third-order valence-electron chi connectivity index (χ3n) is 13.4. The van der Waals surface area contributed by atoms with Gasteiger partial charge in [0, 0.05) is 68.4 Å². The lowest BCUT2D eigenvalue weighted by molar-refractivity contribution is -0.131. The van der Waals surface area contributed by atoms with Gasteiger partial charge in [-0.05, 0) is 81.5 Å². The van der Waals surface area contributed by atoms with Gasteiger partial charge in [-0.1, -0.05) is 58.8 Å². The number of carbonyl (C=O) groups excluding carboxylic acids is 1. The van der Waals surface area contributed by atoms with Gasteiger partial charge in [0.15, 0.2) is 11.6 Å². The number of nitrogens with two attached hydrogens (primary N) is 2. The Labute approximate surface area is 408 Å². The van der Waals surface area contributed by atoms with Crippen molar-refractivity contribution >= 4 is 23.6 Å². The van der Waals surface area contributed by atoms with Crippen LogP contribution in [0.15, 0.2) is 107 Å². The van der Waals surface area contributed by atoms with Crippen LogP contribution in [0.1, 0.15) is 76.2 Å². The van der Waals surface area contributed by atoms with Crippen molar-refractivity contribution in [2.45, 2.75) is 82.5 Å². The minimum absolute atomic E-state index is 0.0417. The zero-order chi connectivity index (χ0) is 49.3. The standard InChI is InChI=1S/C50H54N16O5/c1-48(2,68)29-59-40-25-53-39(24-54-40)43-62-44(63-71-43)49(3,35-9-5-30(6-10-35)32-19-55-46(51)56-20-32)16-18-69-38-15-17-65(27-38)41(67)28-66-26-34(23-60-66)42-61-45(64-70-42)50(4,37-13-14-37)36-11-7-31(8-12-36)33-21-57-47(52)58-22-33/h5-12,19-26,37-38,68H,13-18,27-29H2,1-4H3,(H,54,59)(H2,51,55,56)(H2,52,57,58)/t38-,49?,50-/m0/s1. The first-order chi connectivity index (χ1) is 34.2. The highest BCUT2D eigenvalue weighted by Crippen LogP contribution is 2.51. The van der Waals surface area contributed by atoms with Gasteiger partial charge in [-0.15, -0.1) is 0 Å². The molecule has 2 aromatic carbocycles. The molecule has 2 fully saturated rings. The molecule has 6 N–H and O–H groups in total. The molecule has 8 aromatic rings. The Balaban J connectivity index is 0.775. The van der Waals surface area contributed by atoms with Crippen LogP contribution in [0, 0.1) is 5.92 Å². The fraction of sp³-hybridized carbons (Fsp3) is 0.360. The Bertz CT molecular complexity index is 3090. The van der Waals surface area contributed by atoms with Crippen molar-refractivity contribution in [2.24, 2.45) is 5.92 Å². The van der Waals surface area contributed by atoms with E-state index in [9.17, 15) is 9.90 Å². The molecule has 1 unspecified atom stereocenters. The molecule has 3 atom stereocenters. The minimum atomic E-state index is -0.921. The molecular weight excluding hydrogens is 905 g/mol. The summed E-state index contributed by atoms with van der Waals surface area (Å²) in [6.07, 6.45) is 16.4. The predicted molar refractivity (Wildman–Crippen MR) is 261 cm³/mol. The summed E-state index contributed by atoms with van der Waals surface area (Å²) >= 11 is 0. The van der Waals surface area contributed by atoms with Gasteiger partial charge < -0.3 is 40.6 Å². The van der Waals surface area contributed by atoms with Gasteiger partial charge in [0.25, 0.3) is 11.8 Å². The van der Waals surface area contributed by atoms with Crippen LogP contribution in [0.4, 0.5) is 17.7 Å². The van der Waals surface area contributed by atoms with Crippen molar-refractivity contribution in [3.63, 3.8) is 0 Å². The van der Waals surface area contributed by atoms with Crippen molar-refractivity contribution < 1.29 is 23.7 Å². The maximum absolute atomic E-state index is 13.7. The number of carbonyl (C=O) groups is 1. The molecule has 2 aliphatic rings. The zero-order valence-electron chi connectivity index (χ0n) is 39.8. The molecule has 364 valence electrons. The number of nitrogens with zero attached hydrogens (tertiary/aromatic N) is 13. The van der Waals surface area contributed by atoms with Crippen LogP contribution >= 0.6 is 0 Å². The van der Waals surface area contributed by atoms with Crippen LogP contribution in [0.25, 0.3) is 45.3 Å². The average Bonchev–Trinajstić information content (AvgIpc) is 3.80. The lowest BCUT2D eigenvalue weighted by Gasteiger charge is -2.27. The maximum atomic E-state index is 13.7. The molecule has 71 heavy (non-hydrogen) atoms. The van der Waals surface area contributed by atoms with E-state index in [0.29, 0.717) is 79.6 Å². The van der Waals surface area contributed by atoms with Crippen molar-refractivity contribution in [2.75, 3.05) is 43.0 Å². The van der Waals surface area contributed by atoms with Gasteiger partial charge in [0.2, 0.25) is 17.8 Å². The van der Waals surface area contributed by atoms with Gasteiger partial charge in [0.05, 0.1) is 46.7 Å². The number of nitrogens with one attached hydrogen (secondary N) is 1. The Morgan fingerprint density at radius 1 is 0.732 bits per heavy atom. The monoisotopic (exact) mass is 958 g/mol. The topological polar surface area (TPSA) is 287 Å². The third-order valence-corrected chi connectivity index (χ3v) is 13.4. The molecule has 1 amide bonds. The van der Waals surface area contributed by atoms with E-state index < -0.39 is 16.4 Å². The minimum Gasteiger partial charge on any atom is -0.389 e. The van der Waals surface area contributed by atoms with E-state index in [2.05, 4.69) is 69.7 Å². The quantitative estimate of drug-likeness (QED) is 0.0794. The van der Waals surface area contributed by atoms with Gasteiger partial charge in [-0.25, -0.2) is 29.9 Å². The number of aliphatic hydroxyl groups is 1. The number of nitrogen functional groups attached to an aromatic ring is 2. The number of ether oxygens (including phenoxy) is 1. The molecule has 21 nitrogen and oxygen atoms in total. The number of amides is 1. The molecule has 1 aliphatic heterocycles. The van der Waals surface area contributed by atoms with E-state index in [1.807, 2.05) is 43.3 Å². The van der Waals surface area contributed by atoms with Crippen molar-refractivity contribution in [3.05, 3.63) is 121 Å². The Morgan fingerprint density at radius 2 is 1.35 bits per heavy atom. The second-order valence-electron chi connectivity index (χ2n) is 19.2. The van der Waals surface area contributed by atoms with Crippen molar-refractivity contribution in [1.82, 2.24) is 64.9 Å². The highest BCUT2D eigenvalue weighted by molar-refractivity contribution is 5.76. The number of likely N-dealkylation sites (tertiary alicyclic amines) is 1. The van der Waals surface area contributed by atoms with Crippen LogP contribution in [0.2, 0.25) is 0 Å². The lowest BCUT2D eigenvalue weighted by atomic mass is 9.77. The van der Waals surface area contributed by atoms with Gasteiger partial charge >= 0.3 is 0 Å². The molecule has 21 heteroatoms. The highest BCUT2D eigenvalue weighted by Gasteiger charge is 2.47. The SMILES string of the molecule is CC(C)(O)CNc1cnc(-c2nc(C(C)(CCO[C@H]3CCN(C(=O)Cn4cc(-c5nc([C@@](C)(c6ccc(-c7cnc(N)nc7)cc6)C6CC6)no5)cn4)C3)c3ccc(-c4cnc(N)nc4)cc3)no2)cn1. The Hall–Kier alpha value is -8.04. The van der Waals surface area contributed by atoms with E-state index in [0.717, 1.165) is 46.2 Å². The molecule has 6 aromatic heterocycles. The van der Waals surface area contributed by atoms with Gasteiger partial charge in [0.1, 0.15) is 18.1 Å². The summed E-state index contributed by atoms with van der Waals surface area (Å²) in [6.45, 7) is 9.29. The smallest absolute Gasteiger partial charge is 0.278 e. The van der Waals surface area contributed by atoms with E-state index >= 15 is 0 Å². The highest BCUT2D eigenvalue weighted by atomic mass is 16.5. The second kappa shape index (κ2) is 19.0. The largest absolute Gasteiger partial charge is 0.389 e. The zero-order valence-corrected chi connectivity index (χ0v) is 39.8. The molecule has 1 saturated carbocycles. The summed E-state index contributed by atoms with van der Waals surface area (Å²) in [5.41, 5.74) is 15.9. The van der Waals surface area contributed by atoms with Gasteiger partial charge in [-0.2, -0.15) is 15.1 Å². The first-order valence-corrected chi connectivity index (χ1v) is 23.5. The number of aromatic nitrogens is 12. The molecule has 7 heterocycles. The van der Waals surface area contributed by atoms with E-state index in [1.54, 1.807) is 73.0 Å². The van der Waals surface area contributed by atoms with Crippen LogP contribution < -0.4 is 16.8 Å². The maximum Gasteiger partial charge on any atom is 0.278 e. The average molecular weight is 959 g/mol.